The van der Waals surface area contributed by atoms with Gasteiger partial charge in [-0.25, -0.2) is 0 Å². The van der Waals surface area contributed by atoms with Crippen LogP contribution >= 0.6 is 0 Å². The third-order valence-electron chi connectivity index (χ3n) is 2.71. The van der Waals surface area contributed by atoms with E-state index in [9.17, 15) is 4.79 Å². The largest absolute Gasteiger partial charge is 0.396 e. The predicted molar refractivity (Wildman–Crippen MR) is 50.0 cm³/mol. The number of hydrogen-bond acceptors (Lipinski definition) is 3. The molecule has 13 heavy (non-hydrogen) atoms. The highest BCUT2D eigenvalue weighted by atomic mass is 16.3. The first-order valence-corrected chi connectivity index (χ1v) is 4.71. The molecule has 1 heterocycles. The normalized spacial score (nSPS) is 22.3. The molecule has 0 aromatic carbocycles. The van der Waals surface area contributed by atoms with Crippen molar-refractivity contribution in [2.45, 2.75) is 19.9 Å². The fourth-order valence-electron chi connectivity index (χ4n) is 1.38. The van der Waals surface area contributed by atoms with Crippen LogP contribution in [0.3, 0.4) is 0 Å². The Morgan fingerprint density at radius 1 is 1.62 bits per heavy atom. The highest BCUT2D eigenvalue weighted by Gasteiger charge is 2.33. The summed E-state index contributed by atoms with van der Waals surface area (Å²) in [5, 5.41) is 8.77. The van der Waals surface area contributed by atoms with E-state index in [1.165, 1.54) is 0 Å². The second kappa shape index (κ2) is 4.07. The van der Waals surface area contributed by atoms with Crippen molar-refractivity contribution in [2.75, 3.05) is 19.7 Å². The van der Waals surface area contributed by atoms with E-state index in [2.05, 4.69) is 0 Å². The Kier molecular flexibility index (Phi) is 3.27. The van der Waals surface area contributed by atoms with Gasteiger partial charge in [0.2, 0.25) is 5.91 Å². The number of rotatable bonds is 3. The molecule has 0 spiro atoms. The highest BCUT2D eigenvalue weighted by Crippen LogP contribution is 2.18. The van der Waals surface area contributed by atoms with E-state index >= 15 is 0 Å². The van der Waals surface area contributed by atoms with Gasteiger partial charge in [-0.1, -0.05) is 6.92 Å². The van der Waals surface area contributed by atoms with Gasteiger partial charge in [0.05, 0.1) is 5.92 Å². The van der Waals surface area contributed by atoms with Crippen LogP contribution in [0.1, 0.15) is 13.8 Å². The van der Waals surface area contributed by atoms with E-state index in [0.717, 1.165) is 0 Å². The summed E-state index contributed by atoms with van der Waals surface area (Å²) in [7, 11) is 0. The molecule has 1 saturated heterocycles. The molecule has 4 nitrogen and oxygen atoms in total. The van der Waals surface area contributed by atoms with Crippen molar-refractivity contribution in [3.05, 3.63) is 0 Å². The lowest BCUT2D eigenvalue weighted by Crippen LogP contribution is -2.54. The van der Waals surface area contributed by atoms with Crippen LogP contribution in [0.5, 0.6) is 0 Å². The molecule has 1 aliphatic rings. The standard InChI is InChI=1S/C9H18N2O2/c1-6(7(2)10)9(13)11-3-8(4-11)5-12/h6-8,12H,3-5,10H2,1-2H3. The number of nitrogens with two attached hydrogens (primary N) is 1. The van der Waals surface area contributed by atoms with Crippen molar-refractivity contribution in [1.29, 1.82) is 0 Å². The van der Waals surface area contributed by atoms with Crippen molar-refractivity contribution in [1.82, 2.24) is 4.90 Å². The van der Waals surface area contributed by atoms with Crippen molar-refractivity contribution in [3.63, 3.8) is 0 Å². The van der Waals surface area contributed by atoms with E-state index in [4.69, 9.17) is 10.8 Å². The minimum atomic E-state index is -0.111. The van der Waals surface area contributed by atoms with E-state index < -0.39 is 0 Å². The number of carbonyl (C=O) groups excluding carboxylic acids is 1. The SMILES string of the molecule is CC(N)C(C)C(=O)N1CC(CO)C1. The Balaban J connectivity index is 2.34. The molecule has 0 radical (unpaired) electrons. The molecule has 3 N–H and O–H groups in total. The molecule has 1 rings (SSSR count). The fraction of sp³-hybridized carbons (Fsp3) is 0.889. The van der Waals surface area contributed by atoms with Crippen molar-refractivity contribution >= 4 is 5.91 Å². The lowest BCUT2D eigenvalue weighted by Gasteiger charge is -2.40. The molecule has 0 aromatic rings. The van der Waals surface area contributed by atoms with Crippen molar-refractivity contribution in [2.24, 2.45) is 17.6 Å². The fourth-order valence-corrected chi connectivity index (χ4v) is 1.38. The molecule has 0 saturated carbocycles. The topological polar surface area (TPSA) is 66.6 Å². The van der Waals surface area contributed by atoms with Gasteiger partial charge < -0.3 is 15.7 Å². The maximum atomic E-state index is 11.6. The molecule has 0 bridgehead atoms. The number of nitrogens with zero attached hydrogens (tertiary/aromatic N) is 1. The zero-order valence-corrected chi connectivity index (χ0v) is 8.23. The lowest BCUT2D eigenvalue weighted by molar-refractivity contribution is -0.142. The first kappa shape index (κ1) is 10.5. The number of aliphatic hydroxyl groups excluding tert-OH is 1. The molecule has 0 aromatic heterocycles. The van der Waals surface area contributed by atoms with Gasteiger partial charge in [0.15, 0.2) is 0 Å². The van der Waals surface area contributed by atoms with Gasteiger partial charge in [-0.05, 0) is 6.92 Å². The zero-order valence-electron chi connectivity index (χ0n) is 8.23. The first-order chi connectivity index (χ1) is 6.06. The minimum Gasteiger partial charge on any atom is -0.396 e. The third kappa shape index (κ3) is 2.19. The van der Waals surface area contributed by atoms with Gasteiger partial charge in [0, 0.05) is 31.7 Å². The quantitative estimate of drug-likeness (QED) is 0.619. The highest BCUT2D eigenvalue weighted by molar-refractivity contribution is 5.79. The molecule has 76 valence electrons. The zero-order chi connectivity index (χ0) is 10.0. The van der Waals surface area contributed by atoms with Gasteiger partial charge in [-0.3, -0.25) is 4.79 Å². The number of amides is 1. The number of aliphatic hydroxyl groups is 1. The maximum Gasteiger partial charge on any atom is 0.226 e. The summed E-state index contributed by atoms with van der Waals surface area (Å²) >= 11 is 0. The van der Waals surface area contributed by atoms with Crippen LogP contribution < -0.4 is 5.73 Å². The first-order valence-electron chi connectivity index (χ1n) is 4.71. The van der Waals surface area contributed by atoms with Crippen LogP contribution in [0.15, 0.2) is 0 Å². The molecule has 4 heteroatoms. The van der Waals surface area contributed by atoms with Crippen LogP contribution in [0, 0.1) is 11.8 Å². The van der Waals surface area contributed by atoms with Gasteiger partial charge in [-0.15, -0.1) is 0 Å². The van der Waals surface area contributed by atoms with Crippen molar-refractivity contribution < 1.29 is 9.90 Å². The van der Waals surface area contributed by atoms with Gasteiger partial charge in [0.1, 0.15) is 0 Å². The minimum absolute atomic E-state index is 0.0966. The summed E-state index contributed by atoms with van der Waals surface area (Å²) in [6.45, 7) is 5.24. The molecule has 1 fully saturated rings. The Bertz CT molecular complexity index is 188. The maximum absolute atomic E-state index is 11.6. The van der Waals surface area contributed by atoms with Gasteiger partial charge >= 0.3 is 0 Å². The van der Waals surface area contributed by atoms with Gasteiger partial charge in [0.25, 0.3) is 0 Å². The van der Waals surface area contributed by atoms with E-state index in [1.54, 1.807) is 4.90 Å². The molecular formula is C9H18N2O2. The summed E-state index contributed by atoms with van der Waals surface area (Å²) < 4.78 is 0. The Hall–Kier alpha value is -0.610. The third-order valence-corrected chi connectivity index (χ3v) is 2.71. The van der Waals surface area contributed by atoms with Crippen molar-refractivity contribution in [3.8, 4) is 0 Å². The molecule has 0 aliphatic carbocycles. The average molecular weight is 186 g/mol. The molecule has 1 amide bonds. The van der Waals surface area contributed by atoms with Crippen LogP contribution in [-0.2, 0) is 4.79 Å². The van der Waals surface area contributed by atoms with Crippen LogP contribution in [-0.4, -0.2) is 41.7 Å². The van der Waals surface area contributed by atoms with Crippen LogP contribution in [0.4, 0.5) is 0 Å². The summed E-state index contributed by atoms with van der Waals surface area (Å²) in [6.07, 6.45) is 0. The van der Waals surface area contributed by atoms with Crippen LogP contribution in [0.2, 0.25) is 0 Å². The van der Waals surface area contributed by atoms with Crippen LogP contribution in [0.25, 0.3) is 0 Å². The Morgan fingerprint density at radius 3 is 2.54 bits per heavy atom. The Labute approximate surface area is 78.7 Å². The summed E-state index contributed by atoms with van der Waals surface area (Å²) in [4.78, 5) is 13.4. The van der Waals surface area contributed by atoms with E-state index in [-0.39, 0.29) is 30.4 Å². The molecule has 2 atom stereocenters. The smallest absolute Gasteiger partial charge is 0.226 e. The summed E-state index contributed by atoms with van der Waals surface area (Å²) in [6, 6.07) is -0.0966. The number of hydrogen-bond donors (Lipinski definition) is 2. The monoisotopic (exact) mass is 186 g/mol. The molecule has 1 aliphatic heterocycles. The molecule has 2 unspecified atom stereocenters. The second-order valence-corrected chi connectivity index (χ2v) is 3.94. The van der Waals surface area contributed by atoms with Gasteiger partial charge in [-0.2, -0.15) is 0 Å². The lowest BCUT2D eigenvalue weighted by atomic mass is 9.96. The molecular weight excluding hydrogens is 168 g/mol. The van der Waals surface area contributed by atoms with E-state index in [1.807, 2.05) is 13.8 Å². The summed E-state index contributed by atoms with van der Waals surface area (Å²) in [5.74, 6) is 0.281. The predicted octanol–water partition coefficient (Wildman–Crippen LogP) is -0.580. The second-order valence-electron chi connectivity index (χ2n) is 3.94. The van der Waals surface area contributed by atoms with E-state index in [0.29, 0.717) is 13.1 Å². The number of likely N-dealkylation sites (tertiary alicyclic amines) is 1. The summed E-state index contributed by atoms with van der Waals surface area (Å²) in [5.41, 5.74) is 5.62. The number of carbonyl (C=O) groups is 1. The average Bonchev–Trinajstić information content (AvgIpc) is 2.00. The Morgan fingerprint density at radius 2 is 2.15 bits per heavy atom.